The lowest BCUT2D eigenvalue weighted by atomic mass is 9.95. The summed E-state index contributed by atoms with van der Waals surface area (Å²) in [5.41, 5.74) is 0. The zero-order valence-electron chi connectivity index (χ0n) is 15.0. The van der Waals surface area contributed by atoms with Crippen molar-refractivity contribution in [2.24, 2.45) is 11.8 Å². The number of rotatable bonds is 14. The second kappa shape index (κ2) is 13.0. The predicted octanol–water partition coefficient (Wildman–Crippen LogP) is 7.24. The van der Waals surface area contributed by atoms with E-state index >= 15 is 0 Å². The Balaban J connectivity index is 4.26. The van der Waals surface area contributed by atoms with Gasteiger partial charge in [0.1, 0.15) is 0 Å². The standard InChI is InChI=1S/C20H38O/c1-7-11-13-15-19(9-3)17(5)21-18(6)20(10-4)16-14-12-8-2/h19-20H,5-16H2,1-4H3. The van der Waals surface area contributed by atoms with Gasteiger partial charge in [0.25, 0.3) is 0 Å². The summed E-state index contributed by atoms with van der Waals surface area (Å²) in [5.74, 6) is 2.85. The monoisotopic (exact) mass is 294 g/mol. The summed E-state index contributed by atoms with van der Waals surface area (Å²) in [6, 6.07) is 0. The summed E-state index contributed by atoms with van der Waals surface area (Å²) in [6.07, 6.45) is 12.3. The number of hydrogen-bond acceptors (Lipinski definition) is 1. The quantitative estimate of drug-likeness (QED) is 0.242. The average molecular weight is 295 g/mol. The molecule has 0 saturated heterocycles. The van der Waals surface area contributed by atoms with E-state index in [9.17, 15) is 0 Å². The third-order valence-corrected chi connectivity index (χ3v) is 4.47. The van der Waals surface area contributed by atoms with E-state index in [-0.39, 0.29) is 0 Å². The molecule has 0 radical (unpaired) electrons. The van der Waals surface area contributed by atoms with Gasteiger partial charge in [0.05, 0.1) is 11.5 Å². The maximum atomic E-state index is 6.03. The third-order valence-electron chi connectivity index (χ3n) is 4.47. The lowest BCUT2D eigenvalue weighted by Crippen LogP contribution is -2.10. The molecule has 0 aromatic carbocycles. The number of hydrogen-bond donors (Lipinski definition) is 0. The van der Waals surface area contributed by atoms with Gasteiger partial charge in [0.2, 0.25) is 0 Å². The minimum absolute atomic E-state index is 0.487. The summed E-state index contributed by atoms with van der Waals surface area (Å²) >= 11 is 0. The molecule has 2 unspecified atom stereocenters. The molecule has 21 heavy (non-hydrogen) atoms. The molecule has 1 nitrogen and oxygen atoms in total. The van der Waals surface area contributed by atoms with Crippen molar-refractivity contribution < 1.29 is 4.74 Å². The Bertz CT molecular complexity index is 252. The molecular weight excluding hydrogens is 256 g/mol. The van der Waals surface area contributed by atoms with Crippen molar-refractivity contribution in [1.82, 2.24) is 0 Å². The first-order chi connectivity index (χ1) is 10.1. The molecule has 0 saturated carbocycles. The van der Waals surface area contributed by atoms with E-state index < -0.39 is 0 Å². The van der Waals surface area contributed by atoms with Crippen LogP contribution in [0.2, 0.25) is 0 Å². The maximum absolute atomic E-state index is 6.03. The largest absolute Gasteiger partial charge is 0.467 e. The fraction of sp³-hybridized carbons (Fsp3) is 0.800. The summed E-state index contributed by atoms with van der Waals surface area (Å²) in [7, 11) is 0. The average Bonchev–Trinajstić information content (AvgIpc) is 2.48. The SMILES string of the molecule is C=C(OC(=C)C(CC)CCCCC)C(CC)CCCCC. The highest BCUT2D eigenvalue weighted by atomic mass is 16.5. The van der Waals surface area contributed by atoms with Crippen LogP contribution in [0.25, 0.3) is 0 Å². The van der Waals surface area contributed by atoms with Gasteiger partial charge in [-0.3, -0.25) is 0 Å². The molecule has 0 aliphatic carbocycles. The van der Waals surface area contributed by atoms with Crippen molar-refractivity contribution in [2.45, 2.75) is 91.9 Å². The molecule has 0 spiro atoms. The van der Waals surface area contributed by atoms with E-state index in [1.54, 1.807) is 0 Å². The minimum atomic E-state index is 0.487. The predicted molar refractivity (Wildman–Crippen MR) is 95.2 cm³/mol. The highest BCUT2D eigenvalue weighted by molar-refractivity contribution is 5.00. The molecule has 0 N–H and O–H groups in total. The van der Waals surface area contributed by atoms with Crippen LogP contribution in [0.3, 0.4) is 0 Å². The smallest absolute Gasteiger partial charge is 0.0995 e. The molecule has 0 fully saturated rings. The molecule has 124 valence electrons. The van der Waals surface area contributed by atoms with Crippen molar-refractivity contribution in [3.05, 3.63) is 24.7 Å². The van der Waals surface area contributed by atoms with Crippen molar-refractivity contribution in [2.75, 3.05) is 0 Å². The van der Waals surface area contributed by atoms with Crippen LogP contribution in [-0.4, -0.2) is 0 Å². The van der Waals surface area contributed by atoms with Crippen LogP contribution in [0.1, 0.15) is 91.9 Å². The van der Waals surface area contributed by atoms with Gasteiger partial charge in [-0.1, -0.05) is 79.4 Å². The van der Waals surface area contributed by atoms with E-state index in [1.165, 1.54) is 51.4 Å². The molecule has 0 bridgehead atoms. The molecule has 0 aromatic heterocycles. The summed E-state index contributed by atoms with van der Waals surface area (Å²) in [4.78, 5) is 0. The van der Waals surface area contributed by atoms with Gasteiger partial charge in [-0.25, -0.2) is 0 Å². The van der Waals surface area contributed by atoms with Gasteiger partial charge in [-0.2, -0.15) is 0 Å². The van der Waals surface area contributed by atoms with Crippen LogP contribution in [-0.2, 0) is 4.74 Å². The maximum Gasteiger partial charge on any atom is 0.0995 e. The first-order valence-electron chi connectivity index (χ1n) is 9.15. The topological polar surface area (TPSA) is 9.23 Å². The van der Waals surface area contributed by atoms with Crippen molar-refractivity contribution >= 4 is 0 Å². The lowest BCUT2D eigenvalue weighted by molar-refractivity contribution is 0.203. The molecule has 0 rings (SSSR count). The second-order valence-electron chi connectivity index (χ2n) is 6.24. The van der Waals surface area contributed by atoms with E-state index in [1.807, 2.05) is 0 Å². The van der Waals surface area contributed by atoms with Gasteiger partial charge < -0.3 is 4.74 Å². The lowest BCUT2D eigenvalue weighted by Gasteiger charge is -2.23. The molecule has 1 heteroatoms. The van der Waals surface area contributed by atoms with E-state index in [0.29, 0.717) is 11.8 Å². The molecule has 2 atom stereocenters. The number of allylic oxidation sites excluding steroid dienone is 2. The van der Waals surface area contributed by atoms with Crippen LogP contribution in [0.4, 0.5) is 0 Å². The highest BCUT2D eigenvalue weighted by Crippen LogP contribution is 2.28. The molecule has 0 aliphatic heterocycles. The molecule has 0 heterocycles. The van der Waals surface area contributed by atoms with Crippen LogP contribution >= 0.6 is 0 Å². The van der Waals surface area contributed by atoms with E-state index in [4.69, 9.17) is 4.74 Å². The molecular formula is C20H38O. The van der Waals surface area contributed by atoms with Gasteiger partial charge in [-0.05, 0) is 25.7 Å². The van der Waals surface area contributed by atoms with Crippen LogP contribution in [0, 0.1) is 11.8 Å². The normalized spacial score (nSPS) is 13.7. The van der Waals surface area contributed by atoms with Crippen molar-refractivity contribution in [1.29, 1.82) is 0 Å². The first-order valence-corrected chi connectivity index (χ1v) is 9.15. The van der Waals surface area contributed by atoms with Crippen LogP contribution in [0.15, 0.2) is 24.7 Å². The number of ether oxygens (including phenoxy) is 1. The van der Waals surface area contributed by atoms with Crippen molar-refractivity contribution in [3.63, 3.8) is 0 Å². The van der Waals surface area contributed by atoms with Gasteiger partial charge in [0, 0.05) is 11.8 Å². The minimum Gasteiger partial charge on any atom is -0.467 e. The zero-order chi connectivity index (χ0) is 16.1. The second-order valence-corrected chi connectivity index (χ2v) is 6.24. The van der Waals surface area contributed by atoms with Gasteiger partial charge >= 0.3 is 0 Å². The molecule has 0 aliphatic rings. The van der Waals surface area contributed by atoms with Crippen LogP contribution < -0.4 is 0 Å². The Kier molecular flexibility index (Phi) is 12.5. The van der Waals surface area contributed by atoms with Crippen LogP contribution in [0.5, 0.6) is 0 Å². The fourth-order valence-corrected chi connectivity index (χ4v) is 2.80. The Morgan fingerprint density at radius 1 is 0.714 bits per heavy atom. The molecule has 0 amide bonds. The van der Waals surface area contributed by atoms with Crippen molar-refractivity contribution in [3.8, 4) is 0 Å². The first kappa shape index (κ1) is 20.3. The molecule has 0 aromatic rings. The zero-order valence-corrected chi connectivity index (χ0v) is 15.0. The highest BCUT2D eigenvalue weighted by Gasteiger charge is 2.17. The summed E-state index contributed by atoms with van der Waals surface area (Å²) < 4.78 is 6.03. The summed E-state index contributed by atoms with van der Waals surface area (Å²) in [5, 5.41) is 0. The van der Waals surface area contributed by atoms with Gasteiger partial charge in [0.15, 0.2) is 0 Å². The summed E-state index contributed by atoms with van der Waals surface area (Å²) in [6.45, 7) is 17.3. The number of unbranched alkanes of at least 4 members (excludes halogenated alkanes) is 4. The van der Waals surface area contributed by atoms with E-state index in [0.717, 1.165) is 24.4 Å². The van der Waals surface area contributed by atoms with E-state index in [2.05, 4.69) is 40.9 Å². The fourth-order valence-electron chi connectivity index (χ4n) is 2.80. The third kappa shape index (κ3) is 9.01. The Hall–Kier alpha value is -0.720. The Morgan fingerprint density at radius 3 is 1.38 bits per heavy atom. The Morgan fingerprint density at radius 2 is 1.10 bits per heavy atom. The van der Waals surface area contributed by atoms with Gasteiger partial charge in [-0.15, -0.1) is 0 Å². The Labute approximate surface area is 133 Å².